The van der Waals surface area contributed by atoms with E-state index in [1.165, 1.54) is 0 Å². The van der Waals surface area contributed by atoms with E-state index in [-0.39, 0.29) is 5.70 Å². The quantitative estimate of drug-likeness (QED) is 0.605. The molecule has 2 rings (SSSR count). The number of hydrogen-bond acceptors (Lipinski definition) is 5. The number of benzene rings is 1. The molecule has 0 spiro atoms. The summed E-state index contributed by atoms with van der Waals surface area (Å²) in [6.07, 6.45) is 1.61. The van der Waals surface area contributed by atoms with E-state index in [1.54, 1.807) is 45.4 Å². The van der Waals surface area contributed by atoms with Gasteiger partial charge in [-0.3, -0.25) is 0 Å². The molecule has 1 aliphatic rings. The summed E-state index contributed by atoms with van der Waals surface area (Å²) < 4.78 is 15.2. The topological polar surface area (TPSA) is 57.1 Å². The average molecular weight is 247 g/mol. The Morgan fingerprint density at radius 2 is 2.06 bits per heavy atom. The van der Waals surface area contributed by atoms with Gasteiger partial charge in [0.1, 0.15) is 11.5 Å². The summed E-state index contributed by atoms with van der Waals surface area (Å²) in [5.74, 6) is 1.19. The van der Waals surface area contributed by atoms with Crippen molar-refractivity contribution in [2.24, 2.45) is 4.99 Å². The van der Waals surface area contributed by atoms with Gasteiger partial charge in [0.05, 0.1) is 14.2 Å². The first-order valence-electron chi connectivity index (χ1n) is 5.35. The lowest BCUT2D eigenvalue weighted by atomic mass is 10.1. The van der Waals surface area contributed by atoms with Crippen molar-refractivity contribution in [1.29, 1.82) is 0 Å². The van der Waals surface area contributed by atoms with Gasteiger partial charge in [-0.2, -0.15) is 0 Å². The fourth-order valence-corrected chi connectivity index (χ4v) is 1.62. The van der Waals surface area contributed by atoms with Crippen molar-refractivity contribution >= 4 is 17.9 Å². The molecule has 94 valence electrons. The van der Waals surface area contributed by atoms with Crippen LogP contribution in [0.3, 0.4) is 0 Å². The molecule has 0 fully saturated rings. The summed E-state index contributed by atoms with van der Waals surface area (Å²) in [4.78, 5) is 15.5. The third kappa shape index (κ3) is 2.34. The van der Waals surface area contributed by atoms with Crippen LogP contribution in [0.4, 0.5) is 0 Å². The molecule has 0 amide bonds. The molecule has 0 bridgehead atoms. The monoisotopic (exact) mass is 247 g/mol. The van der Waals surface area contributed by atoms with Crippen molar-refractivity contribution in [2.45, 2.75) is 6.92 Å². The van der Waals surface area contributed by atoms with Crippen molar-refractivity contribution in [2.75, 3.05) is 14.2 Å². The lowest BCUT2D eigenvalue weighted by Crippen LogP contribution is -2.00. The molecule has 5 heteroatoms. The third-order valence-corrected chi connectivity index (χ3v) is 2.46. The van der Waals surface area contributed by atoms with Gasteiger partial charge in [-0.25, -0.2) is 9.79 Å². The molecule has 0 N–H and O–H groups in total. The molecule has 1 heterocycles. The summed E-state index contributed by atoms with van der Waals surface area (Å²) >= 11 is 0. The lowest BCUT2D eigenvalue weighted by molar-refractivity contribution is -0.130. The fourth-order valence-electron chi connectivity index (χ4n) is 1.62. The van der Waals surface area contributed by atoms with E-state index in [0.717, 1.165) is 0 Å². The number of nitrogens with zero attached hydrogens (tertiary/aromatic N) is 1. The Morgan fingerprint density at radius 1 is 1.28 bits per heavy atom. The number of aliphatic imine (C=N–C) groups is 1. The predicted molar refractivity (Wildman–Crippen MR) is 66.7 cm³/mol. The van der Waals surface area contributed by atoms with Gasteiger partial charge in [0, 0.05) is 12.5 Å². The fraction of sp³-hybridized carbons (Fsp3) is 0.231. The molecule has 0 aromatic heterocycles. The number of rotatable bonds is 3. The van der Waals surface area contributed by atoms with E-state index in [4.69, 9.17) is 14.2 Å². The lowest BCUT2D eigenvalue weighted by Gasteiger charge is -2.07. The summed E-state index contributed by atoms with van der Waals surface area (Å²) in [5.41, 5.74) is 0.960. The molecule has 0 radical (unpaired) electrons. The highest BCUT2D eigenvalue weighted by molar-refractivity contribution is 6.06. The number of cyclic esters (lactones) is 1. The summed E-state index contributed by atoms with van der Waals surface area (Å²) in [6.45, 7) is 1.63. The minimum Gasteiger partial charge on any atom is -0.497 e. The standard InChI is InChI=1S/C13H13NO4/c1-8-14-11(13(15)18-8)7-9-6-10(16-2)4-5-12(9)17-3/h4-7H,1-3H3/b11-7-. The summed E-state index contributed by atoms with van der Waals surface area (Å²) in [5, 5.41) is 0. The van der Waals surface area contributed by atoms with E-state index in [2.05, 4.69) is 4.99 Å². The van der Waals surface area contributed by atoms with E-state index in [0.29, 0.717) is 23.0 Å². The maximum absolute atomic E-state index is 11.5. The molecule has 1 aromatic carbocycles. The van der Waals surface area contributed by atoms with Crippen LogP contribution in [0.2, 0.25) is 0 Å². The normalized spacial score (nSPS) is 16.5. The number of carbonyl (C=O) groups excluding carboxylic acids is 1. The molecule has 5 nitrogen and oxygen atoms in total. The van der Waals surface area contributed by atoms with Crippen LogP contribution in [0.15, 0.2) is 28.9 Å². The Bertz CT molecular complexity index is 546. The van der Waals surface area contributed by atoms with E-state index in [1.807, 2.05) is 0 Å². The second-order valence-electron chi connectivity index (χ2n) is 3.66. The van der Waals surface area contributed by atoms with Gasteiger partial charge in [-0.15, -0.1) is 0 Å². The van der Waals surface area contributed by atoms with Gasteiger partial charge < -0.3 is 14.2 Å². The van der Waals surface area contributed by atoms with Crippen LogP contribution in [-0.2, 0) is 9.53 Å². The second-order valence-corrected chi connectivity index (χ2v) is 3.66. The first-order chi connectivity index (χ1) is 8.63. The Kier molecular flexibility index (Phi) is 3.32. The van der Waals surface area contributed by atoms with Gasteiger partial charge >= 0.3 is 5.97 Å². The van der Waals surface area contributed by atoms with Gasteiger partial charge in [-0.1, -0.05) is 0 Å². The van der Waals surface area contributed by atoms with Gasteiger partial charge in [0.25, 0.3) is 0 Å². The number of methoxy groups -OCH3 is 2. The molecule has 0 saturated carbocycles. The Hall–Kier alpha value is -2.30. The molecule has 18 heavy (non-hydrogen) atoms. The van der Waals surface area contributed by atoms with E-state index >= 15 is 0 Å². The highest BCUT2D eigenvalue weighted by Gasteiger charge is 2.20. The highest BCUT2D eigenvalue weighted by atomic mass is 16.6. The van der Waals surface area contributed by atoms with Gasteiger partial charge in [0.15, 0.2) is 11.6 Å². The molecule has 0 atom stereocenters. The Balaban J connectivity index is 2.44. The molecule has 0 unspecified atom stereocenters. The zero-order valence-electron chi connectivity index (χ0n) is 10.4. The largest absolute Gasteiger partial charge is 0.497 e. The van der Waals surface area contributed by atoms with Crippen molar-refractivity contribution in [3.63, 3.8) is 0 Å². The van der Waals surface area contributed by atoms with Crippen LogP contribution in [0.5, 0.6) is 11.5 Å². The minimum atomic E-state index is -0.461. The zero-order chi connectivity index (χ0) is 13.1. The second kappa shape index (κ2) is 4.91. The van der Waals surface area contributed by atoms with Crippen LogP contribution in [-0.4, -0.2) is 26.1 Å². The van der Waals surface area contributed by atoms with Crippen LogP contribution < -0.4 is 9.47 Å². The molecule has 1 aromatic rings. The smallest absolute Gasteiger partial charge is 0.363 e. The van der Waals surface area contributed by atoms with Gasteiger partial charge in [-0.05, 0) is 24.3 Å². The summed E-state index contributed by atoms with van der Waals surface area (Å²) in [7, 11) is 3.14. The molecule has 0 saturated heterocycles. The number of hydrogen-bond donors (Lipinski definition) is 0. The number of ether oxygens (including phenoxy) is 3. The van der Waals surface area contributed by atoms with Crippen molar-refractivity contribution in [3.8, 4) is 11.5 Å². The van der Waals surface area contributed by atoms with Crippen molar-refractivity contribution in [3.05, 3.63) is 29.5 Å². The Labute approximate surface area is 105 Å². The summed E-state index contributed by atoms with van der Waals surface area (Å²) in [6, 6.07) is 5.31. The maximum Gasteiger partial charge on any atom is 0.363 e. The third-order valence-electron chi connectivity index (χ3n) is 2.46. The Morgan fingerprint density at radius 3 is 2.61 bits per heavy atom. The van der Waals surface area contributed by atoms with E-state index < -0.39 is 5.97 Å². The van der Waals surface area contributed by atoms with Crippen molar-refractivity contribution < 1.29 is 19.0 Å². The number of carbonyl (C=O) groups is 1. The van der Waals surface area contributed by atoms with E-state index in [9.17, 15) is 4.79 Å². The van der Waals surface area contributed by atoms with Crippen LogP contribution in [0.1, 0.15) is 12.5 Å². The minimum absolute atomic E-state index is 0.249. The van der Waals surface area contributed by atoms with Crippen molar-refractivity contribution in [1.82, 2.24) is 0 Å². The molecule has 0 aliphatic carbocycles. The van der Waals surface area contributed by atoms with Crippen LogP contribution in [0, 0.1) is 0 Å². The first kappa shape index (κ1) is 12.2. The SMILES string of the molecule is COc1ccc(OC)c(/C=C2\N=C(C)OC2=O)c1. The van der Waals surface area contributed by atoms with Gasteiger partial charge in [0.2, 0.25) is 0 Å². The first-order valence-corrected chi connectivity index (χ1v) is 5.35. The molecular weight excluding hydrogens is 234 g/mol. The average Bonchev–Trinajstić information content (AvgIpc) is 2.67. The number of esters is 1. The van der Waals surface area contributed by atoms with Crippen LogP contribution in [0.25, 0.3) is 6.08 Å². The maximum atomic E-state index is 11.5. The highest BCUT2D eigenvalue weighted by Crippen LogP contribution is 2.27. The van der Waals surface area contributed by atoms with Crippen LogP contribution >= 0.6 is 0 Å². The zero-order valence-corrected chi connectivity index (χ0v) is 10.4. The molecular formula is C13H13NO4. The predicted octanol–water partition coefficient (Wildman–Crippen LogP) is 2.02. The molecule has 1 aliphatic heterocycles.